The molecule has 1 fully saturated rings. The van der Waals surface area contributed by atoms with Crippen molar-refractivity contribution in [1.29, 1.82) is 0 Å². The van der Waals surface area contributed by atoms with E-state index in [1.165, 1.54) is 4.57 Å². The van der Waals surface area contributed by atoms with Crippen LogP contribution >= 0.6 is 0 Å². The maximum absolute atomic E-state index is 12.9. The summed E-state index contributed by atoms with van der Waals surface area (Å²) in [6.07, 6.45) is -4.94. The molecule has 1 saturated heterocycles. The van der Waals surface area contributed by atoms with Crippen molar-refractivity contribution < 1.29 is 22.7 Å². The van der Waals surface area contributed by atoms with E-state index < -0.39 is 24.7 Å². The Morgan fingerprint density at radius 2 is 2.07 bits per heavy atom. The molecule has 10 heteroatoms. The Labute approximate surface area is 162 Å². The zero-order valence-corrected chi connectivity index (χ0v) is 15.4. The maximum Gasteiger partial charge on any atom is 0.416 e. The van der Waals surface area contributed by atoms with Crippen LogP contribution in [0.4, 0.5) is 13.2 Å². The zero-order valence-electron chi connectivity index (χ0n) is 15.4. The molecule has 1 amide bonds. The average Bonchev–Trinajstić information content (AvgIpc) is 3.00. The summed E-state index contributed by atoms with van der Waals surface area (Å²) in [4.78, 5) is 32.5. The first-order valence-electron chi connectivity index (χ1n) is 8.87. The summed E-state index contributed by atoms with van der Waals surface area (Å²) < 4.78 is 45.0. The Balaban J connectivity index is 1.63. The number of nitrogens with zero attached hydrogens (tertiary/aromatic N) is 3. The van der Waals surface area contributed by atoms with Gasteiger partial charge in [-0.25, -0.2) is 9.78 Å². The number of fused-ring (bicyclic) bond motifs is 1. The van der Waals surface area contributed by atoms with Gasteiger partial charge in [0.1, 0.15) is 0 Å². The molecule has 29 heavy (non-hydrogen) atoms. The molecule has 0 saturated carbocycles. The summed E-state index contributed by atoms with van der Waals surface area (Å²) in [5.74, 6) is -0.493. The number of amides is 1. The molecule has 1 aliphatic heterocycles. The predicted molar refractivity (Wildman–Crippen MR) is 98.5 cm³/mol. The van der Waals surface area contributed by atoms with E-state index in [4.69, 9.17) is 4.74 Å². The summed E-state index contributed by atoms with van der Waals surface area (Å²) in [6, 6.07) is 8.35. The molecule has 1 unspecified atom stereocenters. The number of hydrogen-bond acceptors (Lipinski definition) is 4. The number of aryl methyl sites for hydroxylation is 1. The number of morpholine rings is 1. The van der Waals surface area contributed by atoms with Crippen molar-refractivity contribution in [3.05, 3.63) is 52.6 Å². The van der Waals surface area contributed by atoms with Gasteiger partial charge in [-0.1, -0.05) is 12.1 Å². The smallest absolute Gasteiger partial charge is 0.365 e. The average molecular weight is 406 g/mol. The third-order valence-corrected chi connectivity index (χ3v) is 4.92. The number of imidazole rings is 1. The van der Waals surface area contributed by atoms with Crippen molar-refractivity contribution in [3.63, 3.8) is 0 Å². The number of hydrogen-bond donors (Lipinski definition) is 1. The standard InChI is InChI=1S/C19H17F3N4O3/c1-25-14-8-13(9-23-16(14)24-18(25)28)11-3-2-4-12(7-11)17(27)26-5-6-29-15(10-26)19(20,21)22/h2-4,7-9,15H,5-6,10H2,1H3,(H,23,24,28). The highest BCUT2D eigenvalue weighted by molar-refractivity contribution is 5.95. The molecule has 2 aromatic heterocycles. The minimum absolute atomic E-state index is 0.0919. The SMILES string of the molecule is Cn1c(=O)[nH]c2ncc(-c3cccc(C(=O)N4CCOC(C(F)(F)F)C4)c3)cc21. The van der Waals surface area contributed by atoms with Gasteiger partial charge in [-0.2, -0.15) is 13.2 Å². The third-order valence-electron chi connectivity index (χ3n) is 4.92. The Morgan fingerprint density at radius 3 is 2.83 bits per heavy atom. The minimum atomic E-state index is -4.52. The van der Waals surface area contributed by atoms with Gasteiger partial charge < -0.3 is 9.64 Å². The van der Waals surface area contributed by atoms with Crippen LogP contribution < -0.4 is 5.69 Å². The van der Waals surface area contributed by atoms with Crippen molar-refractivity contribution in [1.82, 2.24) is 19.4 Å². The first-order valence-corrected chi connectivity index (χ1v) is 8.87. The van der Waals surface area contributed by atoms with Crippen LogP contribution in [0.1, 0.15) is 10.4 Å². The van der Waals surface area contributed by atoms with Gasteiger partial charge in [-0.15, -0.1) is 0 Å². The Morgan fingerprint density at radius 1 is 1.28 bits per heavy atom. The van der Waals surface area contributed by atoms with Crippen LogP contribution in [0.2, 0.25) is 0 Å². The van der Waals surface area contributed by atoms with E-state index >= 15 is 0 Å². The molecular formula is C19H17F3N4O3. The molecule has 7 nitrogen and oxygen atoms in total. The molecule has 4 rings (SSSR count). The molecule has 1 aliphatic rings. The number of carbonyl (C=O) groups excluding carboxylic acids is 1. The second-order valence-electron chi connectivity index (χ2n) is 6.81. The molecule has 0 spiro atoms. The van der Waals surface area contributed by atoms with E-state index in [1.807, 2.05) is 0 Å². The van der Waals surface area contributed by atoms with Gasteiger partial charge in [0, 0.05) is 30.9 Å². The molecule has 1 aromatic carbocycles. The van der Waals surface area contributed by atoms with Crippen LogP contribution in [-0.4, -0.2) is 57.3 Å². The molecule has 0 radical (unpaired) electrons. The number of benzene rings is 1. The minimum Gasteiger partial charge on any atom is -0.365 e. The molecule has 152 valence electrons. The van der Waals surface area contributed by atoms with Crippen LogP contribution in [-0.2, 0) is 11.8 Å². The number of nitrogens with one attached hydrogen (secondary N) is 1. The van der Waals surface area contributed by atoms with E-state index in [0.29, 0.717) is 22.3 Å². The summed E-state index contributed by atoms with van der Waals surface area (Å²) in [7, 11) is 1.61. The fraction of sp³-hybridized carbons (Fsp3) is 0.316. The lowest BCUT2D eigenvalue weighted by Gasteiger charge is -2.33. The molecule has 1 N–H and O–H groups in total. The van der Waals surface area contributed by atoms with Crippen molar-refractivity contribution in [2.24, 2.45) is 7.05 Å². The number of aromatic nitrogens is 3. The van der Waals surface area contributed by atoms with E-state index in [0.717, 1.165) is 4.90 Å². The lowest BCUT2D eigenvalue weighted by Crippen LogP contribution is -2.51. The van der Waals surface area contributed by atoms with E-state index in [2.05, 4.69) is 9.97 Å². The lowest BCUT2D eigenvalue weighted by atomic mass is 10.0. The van der Waals surface area contributed by atoms with Gasteiger partial charge in [-0.3, -0.25) is 14.3 Å². The summed E-state index contributed by atoms with van der Waals surface area (Å²) in [6.45, 7) is -0.613. The van der Waals surface area contributed by atoms with Crippen molar-refractivity contribution in [3.8, 4) is 11.1 Å². The van der Waals surface area contributed by atoms with Crippen LogP contribution in [0.25, 0.3) is 22.3 Å². The molecule has 3 aromatic rings. The molecule has 0 bridgehead atoms. The van der Waals surface area contributed by atoms with Crippen molar-refractivity contribution in [2.75, 3.05) is 19.7 Å². The fourth-order valence-corrected chi connectivity index (χ4v) is 3.30. The highest BCUT2D eigenvalue weighted by Gasteiger charge is 2.44. The molecule has 3 heterocycles. The fourth-order valence-electron chi connectivity index (χ4n) is 3.30. The molecular weight excluding hydrogens is 389 g/mol. The summed E-state index contributed by atoms with van der Waals surface area (Å²) >= 11 is 0. The van der Waals surface area contributed by atoms with Gasteiger partial charge in [0.05, 0.1) is 18.7 Å². The number of pyridine rings is 1. The van der Waals surface area contributed by atoms with Gasteiger partial charge >= 0.3 is 11.9 Å². The Kier molecular flexibility index (Phi) is 4.65. The van der Waals surface area contributed by atoms with Crippen LogP contribution in [0, 0.1) is 0 Å². The molecule has 1 atom stereocenters. The molecule has 0 aliphatic carbocycles. The number of halogens is 3. The zero-order chi connectivity index (χ0) is 20.8. The first kappa shape index (κ1) is 19.2. The van der Waals surface area contributed by atoms with Gasteiger partial charge in [-0.05, 0) is 23.8 Å². The second-order valence-corrected chi connectivity index (χ2v) is 6.81. The second kappa shape index (κ2) is 7.03. The number of rotatable bonds is 2. The number of H-pyrrole nitrogens is 1. The van der Waals surface area contributed by atoms with Crippen molar-refractivity contribution >= 4 is 17.1 Å². The van der Waals surface area contributed by atoms with Gasteiger partial charge in [0.25, 0.3) is 5.91 Å². The monoisotopic (exact) mass is 406 g/mol. The highest BCUT2D eigenvalue weighted by Crippen LogP contribution is 2.27. The van der Waals surface area contributed by atoms with Gasteiger partial charge in [0.2, 0.25) is 0 Å². The normalized spacial score (nSPS) is 17.7. The van der Waals surface area contributed by atoms with Gasteiger partial charge in [0.15, 0.2) is 11.8 Å². The van der Waals surface area contributed by atoms with Crippen LogP contribution in [0.15, 0.2) is 41.3 Å². The lowest BCUT2D eigenvalue weighted by molar-refractivity contribution is -0.233. The van der Waals surface area contributed by atoms with Crippen molar-refractivity contribution in [2.45, 2.75) is 12.3 Å². The highest BCUT2D eigenvalue weighted by atomic mass is 19.4. The number of carbonyl (C=O) groups is 1. The van der Waals surface area contributed by atoms with Crippen LogP contribution in [0.3, 0.4) is 0 Å². The largest absolute Gasteiger partial charge is 0.416 e. The Bertz CT molecular complexity index is 1140. The Hall–Kier alpha value is -3.14. The number of alkyl halides is 3. The third kappa shape index (κ3) is 3.63. The number of ether oxygens (including phenoxy) is 1. The summed E-state index contributed by atoms with van der Waals surface area (Å²) in [5, 5.41) is 0. The van der Waals surface area contributed by atoms with E-state index in [9.17, 15) is 22.8 Å². The topological polar surface area (TPSA) is 80.2 Å². The summed E-state index contributed by atoms with van der Waals surface area (Å²) in [5.41, 5.74) is 2.37. The quantitative estimate of drug-likeness (QED) is 0.709. The predicted octanol–water partition coefficient (Wildman–Crippen LogP) is 2.33. The van der Waals surface area contributed by atoms with E-state index in [-0.39, 0.29) is 24.4 Å². The number of aromatic amines is 1. The van der Waals surface area contributed by atoms with E-state index in [1.54, 1.807) is 43.6 Å². The first-order chi connectivity index (χ1) is 13.7. The van der Waals surface area contributed by atoms with Crippen LogP contribution in [0.5, 0.6) is 0 Å². The maximum atomic E-state index is 12.9.